The summed E-state index contributed by atoms with van der Waals surface area (Å²) in [6.45, 7) is 3.67. The van der Waals surface area contributed by atoms with Crippen LogP contribution in [0.15, 0.2) is 54.1 Å². The van der Waals surface area contributed by atoms with Crippen LogP contribution in [0.25, 0.3) is 6.08 Å². The molecule has 7 nitrogen and oxygen atoms in total. The summed E-state index contributed by atoms with van der Waals surface area (Å²) < 4.78 is 10.5. The molecule has 2 aromatic rings. The van der Waals surface area contributed by atoms with Gasteiger partial charge in [-0.05, 0) is 49.6 Å². The molecule has 1 heterocycles. The molecule has 0 aliphatic carbocycles. The summed E-state index contributed by atoms with van der Waals surface area (Å²) in [7, 11) is 3.04. The number of amides is 4. The summed E-state index contributed by atoms with van der Waals surface area (Å²) in [6, 6.07) is 13.7. The zero-order valence-electron chi connectivity index (χ0n) is 18.1. The van der Waals surface area contributed by atoms with Gasteiger partial charge in [-0.1, -0.05) is 36.4 Å². The van der Waals surface area contributed by atoms with Crippen LogP contribution < -0.4 is 9.47 Å². The average Bonchev–Trinajstić information content (AvgIpc) is 2.76. The van der Waals surface area contributed by atoms with E-state index >= 15 is 0 Å². The maximum atomic E-state index is 13.2. The third-order valence-electron chi connectivity index (χ3n) is 5.06. The van der Waals surface area contributed by atoms with Gasteiger partial charge in [0.2, 0.25) is 0 Å². The van der Waals surface area contributed by atoms with Gasteiger partial charge in [0.05, 0.1) is 14.2 Å². The molecule has 1 saturated heterocycles. The van der Waals surface area contributed by atoms with E-state index in [4.69, 9.17) is 9.47 Å². The van der Waals surface area contributed by atoms with Crippen LogP contribution in [-0.4, -0.2) is 54.5 Å². The first kappa shape index (κ1) is 22.1. The minimum Gasteiger partial charge on any atom is -0.493 e. The number of benzene rings is 2. The first-order chi connectivity index (χ1) is 14.9. The summed E-state index contributed by atoms with van der Waals surface area (Å²) in [5.74, 6) is -0.187. The Hall–Kier alpha value is -3.61. The highest BCUT2D eigenvalue weighted by Gasteiger charge is 2.42. The van der Waals surface area contributed by atoms with E-state index in [0.29, 0.717) is 23.5 Å². The van der Waals surface area contributed by atoms with Crippen LogP contribution in [0.2, 0.25) is 0 Å². The van der Waals surface area contributed by atoms with Gasteiger partial charge < -0.3 is 9.47 Å². The predicted molar refractivity (Wildman–Crippen MR) is 117 cm³/mol. The highest BCUT2D eigenvalue weighted by molar-refractivity contribution is 6.31. The van der Waals surface area contributed by atoms with Crippen molar-refractivity contribution in [3.8, 4) is 11.5 Å². The molecule has 0 bridgehead atoms. The molecule has 3 rings (SSSR count). The number of methoxy groups -OCH3 is 2. The second-order valence-electron chi connectivity index (χ2n) is 7.42. The quantitative estimate of drug-likeness (QED) is 0.504. The number of hydrogen-bond donors (Lipinski definition) is 0. The molecular weight excluding hydrogens is 396 g/mol. The fourth-order valence-corrected chi connectivity index (χ4v) is 3.44. The van der Waals surface area contributed by atoms with Crippen molar-refractivity contribution < 1.29 is 23.9 Å². The van der Waals surface area contributed by atoms with Gasteiger partial charge >= 0.3 is 6.03 Å². The van der Waals surface area contributed by atoms with Crippen molar-refractivity contribution in [1.82, 2.24) is 9.80 Å². The summed E-state index contributed by atoms with van der Waals surface area (Å²) in [5, 5.41) is 0. The lowest BCUT2D eigenvalue weighted by atomic mass is 10.0. The van der Waals surface area contributed by atoms with E-state index in [-0.39, 0.29) is 18.2 Å². The lowest BCUT2D eigenvalue weighted by Crippen LogP contribution is -2.58. The fourth-order valence-electron chi connectivity index (χ4n) is 3.44. The predicted octanol–water partition coefficient (Wildman–Crippen LogP) is 3.53. The number of urea groups is 1. The van der Waals surface area contributed by atoms with E-state index in [1.165, 1.54) is 20.3 Å². The number of carbonyl (C=O) groups is 3. The standard InChI is InChI=1S/C24H26N2O5/c1-16(2)26-23(28)19(14-18-10-11-20(30-3)21(15-18)31-4)22(27)25(24(26)29)13-12-17-8-6-5-7-9-17/h5-11,14-16H,12-13H2,1-4H3/b19-14+. The minimum atomic E-state index is -0.601. The SMILES string of the molecule is COc1ccc(/C=C2\C(=O)N(CCc3ccccc3)C(=O)N(C(C)C)C2=O)cc1OC. The highest BCUT2D eigenvalue weighted by Crippen LogP contribution is 2.29. The van der Waals surface area contributed by atoms with E-state index < -0.39 is 17.8 Å². The first-order valence-corrected chi connectivity index (χ1v) is 10.0. The fraction of sp³-hybridized carbons (Fsp3) is 0.292. The molecular formula is C24H26N2O5. The lowest BCUT2D eigenvalue weighted by Gasteiger charge is -2.36. The number of rotatable bonds is 7. The van der Waals surface area contributed by atoms with E-state index in [0.717, 1.165) is 15.4 Å². The average molecular weight is 422 g/mol. The van der Waals surface area contributed by atoms with E-state index in [2.05, 4.69) is 0 Å². The van der Waals surface area contributed by atoms with Gasteiger partial charge in [-0.3, -0.25) is 19.4 Å². The number of carbonyl (C=O) groups excluding carboxylic acids is 3. The minimum absolute atomic E-state index is 0.0615. The molecule has 0 saturated carbocycles. The Kier molecular flexibility index (Phi) is 6.74. The van der Waals surface area contributed by atoms with Crippen molar-refractivity contribution in [2.24, 2.45) is 0 Å². The molecule has 0 aromatic heterocycles. The van der Waals surface area contributed by atoms with Crippen molar-refractivity contribution in [3.63, 3.8) is 0 Å². The van der Waals surface area contributed by atoms with Gasteiger partial charge in [-0.2, -0.15) is 0 Å². The van der Waals surface area contributed by atoms with Crippen LogP contribution >= 0.6 is 0 Å². The molecule has 0 radical (unpaired) electrons. The van der Waals surface area contributed by atoms with Gasteiger partial charge in [0.1, 0.15) is 5.57 Å². The Labute approximate surface area is 181 Å². The monoisotopic (exact) mass is 422 g/mol. The van der Waals surface area contributed by atoms with Crippen LogP contribution in [0, 0.1) is 0 Å². The molecule has 1 fully saturated rings. The third-order valence-corrected chi connectivity index (χ3v) is 5.06. The van der Waals surface area contributed by atoms with E-state index in [1.807, 2.05) is 30.3 Å². The largest absolute Gasteiger partial charge is 0.493 e. The zero-order chi connectivity index (χ0) is 22.5. The molecule has 4 amide bonds. The Balaban J connectivity index is 1.96. The lowest BCUT2D eigenvalue weighted by molar-refractivity contribution is -0.136. The maximum absolute atomic E-state index is 13.2. The van der Waals surface area contributed by atoms with Gasteiger partial charge in [0.25, 0.3) is 11.8 Å². The Morgan fingerprint density at radius 1 is 0.903 bits per heavy atom. The number of ether oxygens (including phenoxy) is 2. The van der Waals surface area contributed by atoms with Crippen LogP contribution in [-0.2, 0) is 16.0 Å². The molecule has 0 spiro atoms. The molecule has 31 heavy (non-hydrogen) atoms. The first-order valence-electron chi connectivity index (χ1n) is 10.0. The summed E-state index contributed by atoms with van der Waals surface area (Å²) in [5.41, 5.74) is 1.53. The van der Waals surface area contributed by atoms with Crippen molar-refractivity contribution >= 4 is 23.9 Å². The molecule has 0 atom stereocenters. The van der Waals surface area contributed by atoms with Gasteiger partial charge in [-0.15, -0.1) is 0 Å². The topological polar surface area (TPSA) is 76.2 Å². The molecule has 2 aromatic carbocycles. The van der Waals surface area contributed by atoms with E-state index in [9.17, 15) is 14.4 Å². The summed E-state index contributed by atoms with van der Waals surface area (Å²) in [4.78, 5) is 41.4. The van der Waals surface area contributed by atoms with Crippen molar-refractivity contribution in [1.29, 1.82) is 0 Å². The van der Waals surface area contributed by atoms with Gasteiger partial charge in [-0.25, -0.2) is 4.79 Å². The molecule has 7 heteroatoms. The molecule has 0 unspecified atom stereocenters. The number of hydrogen-bond acceptors (Lipinski definition) is 5. The zero-order valence-corrected chi connectivity index (χ0v) is 18.1. The van der Waals surface area contributed by atoms with Crippen LogP contribution in [0.3, 0.4) is 0 Å². The van der Waals surface area contributed by atoms with Crippen molar-refractivity contribution in [3.05, 3.63) is 65.2 Å². The van der Waals surface area contributed by atoms with Crippen molar-refractivity contribution in [2.45, 2.75) is 26.3 Å². The Bertz CT molecular complexity index is 1010. The van der Waals surface area contributed by atoms with Crippen LogP contribution in [0.5, 0.6) is 11.5 Å². The van der Waals surface area contributed by atoms with Gasteiger partial charge in [0, 0.05) is 12.6 Å². The van der Waals surface area contributed by atoms with Crippen LogP contribution in [0.4, 0.5) is 4.79 Å². The third kappa shape index (κ3) is 4.60. The summed E-state index contributed by atoms with van der Waals surface area (Å²) in [6.07, 6.45) is 1.99. The normalized spacial score (nSPS) is 15.8. The molecule has 0 N–H and O–H groups in total. The molecule has 1 aliphatic rings. The Morgan fingerprint density at radius 3 is 2.19 bits per heavy atom. The van der Waals surface area contributed by atoms with Gasteiger partial charge in [0.15, 0.2) is 11.5 Å². The smallest absolute Gasteiger partial charge is 0.334 e. The second-order valence-corrected chi connectivity index (χ2v) is 7.42. The molecule has 162 valence electrons. The summed E-state index contributed by atoms with van der Waals surface area (Å²) >= 11 is 0. The Morgan fingerprint density at radius 2 is 1.58 bits per heavy atom. The van der Waals surface area contributed by atoms with Crippen LogP contribution in [0.1, 0.15) is 25.0 Å². The second kappa shape index (κ2) is 9.47. The number of nitrogens with zero attached hydrogens (tertiary/aromatic N) is 2. The molecule has 1 aliphatic heterocycles. The van der Waals surface area contributed by atoms with E-state index in [1.54, 1.807) is 32.0 Å². The number of barbiturate groups is 1. The van der Waals surface area contributed by atoms with Crippen molar-refractivity contribution in [2.75, 3.05) is 20.8 Å². The highest BCUT2D eigenvalue weighted by atomic mass is 16.5. The number of imide groups is 2. The maximum Gasteiger partial charge on any atom is 0.334 e.